The van der Waals surface area contributed by atoms with Crippen LogP contribution in [0.5, 0.6) is 5.75 Å². The van der Waals surface area contributed by atoms with Crippen LogP contribution >= 0.6 is 0 Å². The standard InChI is InChI=1S/C13H12O4/c1-8-7-9(16-2)3-4-10(8)11-5-6-12(17-11)13(14)15/h3-7H,1-2H3,(H,14,15). The molecule has 0 atom stereocenters. The molecule has 4 nitrogen and oxygen atoms in total. The molecule has 1 heterocycles. The van der Waals surface area contributed by atoms with Crippen molar-refractivity contribution >= 4 is 5.97 Å². The number of aromatic carboxylic acids is 1. The summed E-state index contributed by atoms with van der Waals surface area (Å²) in [5.41, 5.74) is 1.83. The fourth-order valence-corrected chi connectivity index (χ4v) is 1.64. The predicted molar refractivity (Wildman–Crippen MR) is 62.4 cm³/mol. The Bertz CT molecular complexity index is 554. The summed E-state index contributed by atoms with van der Waals surface area (Å²) >= 11 is 0. The third-order valence-corrected chi connectivity index (χ3v) is 2.52. The summed E-state index contributed by atoms with van der Waals surface area (Å²) in [6, 6.07) is 8.63. The molecule has 88 valence electrons. The molecule has 1 N–H and O–H groups in total. The van der Waals surface area contributed by atoms with Crippen molar-refractivity contribution in [1.82, 2.24) is 0 Å². The molecule has 0 unspecified atom stereocenters. The van der Waals surface area contributed by atoms with Crippen molar-refractivity contribution < 1.29 is 19.1 Å². The number of aryl methyl sites for hydroxylation is 1. The zero-order chi connectivity index (χ0) is 12.4. The molecule has 0 aliphatic heterocycles. The lowest BCUT2D eigenvalue weighted by Gasteiger charge is -2.05. The van der Waals surface area contributed by atoms with Crippen LogP contribution in [0.4, 0.5) is 0 Å². The van der Waals surface area contributed by atoms with Crippen molar-refractivity contribution in [3.8, 4) is 17.1 Å². The Balaban J connectivity index is 2.42. The van der Waals surface area contributed by atoms with E-state index in [2.05, 4.69) is 0 Å². The fourth-order valence-electron chi connectivity index (χ4n) is 1.64. The average molecular weight is 232 g/mol. The summed E-state index contributed by atoms with van der Waals surface area (Å²) in [5.74, 6) is 0.177. The molecule has 2 rings (SSSR count). The molecule has 0 aliphatic carbocycles. The van der Waals surface area contributed by atoms with E-state index >= 15 is 0 Å². The van der Waals surface area contributed by atoms with Crippen LogP contribution in [0.15, 0.2) is 34.7 Å². The van der Waals surface area contributed by atoms with Crippen LogP contribution in [0.2, 0.25) is 0 Å². The van der Waals surface area contributed by atoms with Crippen LogP contribution in [0.25, 0.3) is 11.3 Å². The normalized spacial score (nSPS) is 10.2. The summed E-state index contributed by atoms with van der Waals surface area (Å²) < 4.78 is 10.3. The van der Waals surface area contributed by atoms with Gasteiger partial charge in [-0.2, -0.15) is 0 Å². The van der Waals surface area contributed by atoms with Gasteiger partial charge in [0.1, 0.15) is 11.5 Å². The van der Waals surface area contributed by atoms with Crippen molar-refractivity contribution in [1.29, 1.82) is 0 Å². The van der Waals surface area contributed by atoms with Crippen molar-refractivity contribution in [3.05, 3.63) is 41.7 Å². The van der Waals surface area contributed by atoms with Gasteiger partial charge in [0.15, 0.2) is 0 Å². The second-order valence-electron chi connectivity index (χ2n) is 3.65. The van der Waals surface area contributed by atoms with E-state index in [1.165, 1.54) is 6.07 Å². The maximum atomic E-state index is 10.7. The predicted octanol–water partition coefficient (Wildman–Crippen LogP) is 2.96. The van der Waals surface area contributed by atoms with Gasteiger partial charge in [0.05, 0.1) is 7.11 Å². The number of hydrogen-bond donors (Lipinski definition) is 1. The first-order chi connectivity index (χ1) is 8.11. The molecule has 0 bridgehead atoms. The third kappa shape index (κ3) is 2.15. The van der Waals surface area contributed by atoms with E-state index in [9.17, 15) is 4.79 Å². The molecule has 0 saturated carbocycles. The number of furan rings is 1. The summed E-state index contributed by atoms with van der Waals surface area (Å²) in [4.78, 5) is 10.7. The second-order valence-corrected chi connectivity index (χ2v) is 3.65. The monoisotopic (exact) mass is 232 g/mol. The van der Waals surface area contributed by atoms with Gasteiger partial charge in [-0.25, -0.2) is 4.79 Å². The average Bonchev–Trinajstić information content (AvgIpc) is 2.78. The Labute approximate surface area is 98.4 Å². The smallest absolute Gasteiger partial charge is 0.371 e. The molecule has 0 aliphatic rings. The molecule has 2 aromatic rings. The first kappa shape index (κ1) is 11.3. The first-order valence-corrected chi connectivity index (χ1v) is 5.10. The van der Waals surface area contributed by atoms with E-state index in [1.54, 1.807) is 13.2 Å². The number of carboxylic acid groups (broad SMARTS) is 1. The third-order valence-electron chi connectivity index (χ3n) is 2.52. The van der Waals surface area contributed by atoms with E-state index in [4.69, 9.17) is 14.3 Å². The quantitative estimate of drug-likeness (QED) is 0.883. The van der Waals surface area contributed by atoms with Crippen LogP contribution in [0.1, 0.15) is 16.1 Å². The summed E-state index contributed by atoms with van der Waals surface area (Å²) in [6.45, 7) is 1.92. The van der Waals surface area contributed by atoms with Gasteiger partial charge in [-0.3, -0.25) is 0 Å². The molecule has 0 amide bonds. The summed E-state index contributed by atoms with van der Waals surface area (Å²) in [7, 11) is 1.60. The van der Waals surface area contributed by atoms with E-state index < -0.39 is 5.97 Å². The highest BCUT2D eigenvalue weighted by atomic mass is 16.5. The van der Waals surface area contributed by atoms with Gasteiger partial charge in [0.25, 0.3) is 0 Å². The number of rotatable bonds is 3. The van der Waals surface area contributed by atoms with Gasteiger partial charge < -0.3 is 14.3 Å². The molecule has 17 heavy (non-hydrogen) atoms. The number of carbonyl (C=O) groups is 1. The lowest BCUT2D eigenvalue weighted by atomic mass is 10.1. The molecule has 0 fully saturated rings. The molecule has 0 spiro atoms. The maximum Gasteiger partial charge on any atom is 0.371 e. The number of methoxy groups -OCH3 is 1. The minimum atomic E-state index is -1.07. The van der Waals surface area contributed by atoms with Gasteiger partial charge in [-0.05, 0) is 42.8 Å². The Morgan fingerprint density at radius 1 is 1.29 bits per heavy atom. The van der Waals surface area contributed by atoms with Crippen molar-refractivity contribution in [2.45, 2.75) is 6.92 Å². The molecular weight excluding hydrogens is 220 g/mol. The molecule has 0 saturated heterocycles. The van der Waals surface area contributed by atoms with Crippen molar-refractivity contribution in [2.24, 2.45) is 0 Å². The Morgan fingerprint density at radius 3 is 2.59 bits per heavy atom. The van der Waals surface area contributed by atoms with Crippen molar-refractivity contribution in [2.75, 3.05) is 7.11 Å². The van der Waals surface area contributed by atoms with Gasteiger partial charge in [0, 0.05) is 5.56 Å². The Hall–Kier alpha value is -2.23. The largest absolute Gasteiger partial charge is 0.497 e. The minimum Gasteiger partial charge on any atom is -0.497 e. The summed E-state index contributed by atoms with van der Waals surface area (Å²) in [5, 5.41) is 8.78. The van der Waals surface area contributed by atoms with E-state index in [0.29, 0.717) is 5.76 Å². The Morgan fingerprint density at radius 2 is 2.06 bits per heavy atom. The van der Waals surface area contributed by atoms with E-state index in [0.717, 1.165) is 16.9 Å². The zero-order valence-corrected chi connectivity index (χ0v) is 9.56. The highest BCUT2D eigenvalue weighted by Gasteiger charge is 2.12. The van der Waals surface area contributed by atoms with Gasteiger partial charge in [-0.15, -0.1) is 0 Å². The van der Waals surface area contributed by atoms with Gasteiger partial charge >= 0.3 is 5.97 Å². The highest BCUT2D eigenvalue weighted by Crippen LogP contribution is 2.28. The summed E-state index contributed by atoms with van der Waals surface area (Å²) in [6.07, 6.45) is 0. The second kappa shape index (κ2) is 4.33. The van der Waals surface area contributed by atoms with Crippen LogP contribution in [-0.4, -0.2) is 18.2 Å². The van der Waals surface area contributed by atoms with Crippen LogP contribution in [-0.2, 0) is 0 Å². The van der Waals surface area contributed by atoms with E-state index in [-0.39, 0.29) is 5.76 Å². The molecule has 1 aromatic carbocycles. The molecule has 4 heteroatoms. The molecule has 0 radical (unpaired) electrons. The van der Waals surface area contributed by atoms with Crippen LogP contribution in [0.3, 0.4) is 0 Å². The lowest BCUT2D eigenvalue weighted by molar-refractivity contribution is 0.0663. The van der Waals surface area contributed by atoms with Crippen molar-refractivity contribution in [3.63, 3.8) is 0 Å². The number of hydrogen-bond acceptors (Lipinski definition) is 3. The molecule has 1 aromatic heterocycles. The zero-order valence-electron chi connectivity index (χ0n) is 9.56. The SMILES string of the molecule is COc1ccc(-c2ccc(C(=O)O)o2)c(C)c1. The van der Waals surface area contributed by atoms with E-state index in [1.807, 2.05) is 25.1 Å². The van der Waals surface area contributed by atoms with Gasteiger partial charge in [0.2, 0.25) is 5.76 Å². The molecular formula is C13H12O4. The van der Waals surface area contributed by atoms with Crippen LogP contribution in [0, 0.1) is 6.92 Å². The minimum absolute atomic E-state index is 0.0600. The number of carboxylic acids is 1. The van der Waals surface area contributed by atoms with Gasteiger partial charge in [-0.1, -0.05) is 0 Å². The topological polar surface area (TPSA) is 59.7 Å². The number of ether oxygens (including phenoxy) is 1. The fraction of sp³-hybridized carbons (Fsp3) is 0.154. The number of benzene rings is 1. The first-order valence-electron chi connectivity index (χ1n) is 5.10. The maximum absolute atomic E-state index is 10.7. The highest BCUT2D eigenvalue weighted by molar-refractivity contribution is 5.85. The lowest BCUT2D eigenvalue weighted by Crippen LogP contribution is -1.91. The van der Waals surface area contributed by atoms with Crippen LogP contribution < -0.4 is 4.74 Å². The Kier molecular flexibility index (Phi) is 2.87.